The third-order valence-electron chi connectivity index (χ3n) is 5.02. The van der Waals surface area contributed by atoms with E-state index in [1.54, 1.807) is 11.9 Å². The zero-order chi connectivity index (χ0) is 17.2. The van der Waals surface area contributed by atoms with Crippen LogP contribution in [0.5, 0.6) is 0 Å². The highest BCUT2D eigenvalue weighted by molar-refractivity contribution is 6.07. The normalized spacial score (nSPS) is 15.4. The second kappa shape index (κ2) is 6.73. The predicted octanol–water partition coefficient (Wildman–Crippen LogP) is 4.34. The van der Waals surface area contributed by atoms with Crippen molar-refractivity contribution in [2.75, 3.05) is 25.2 Å². The van der Waals surface area contributed by atoms with E-state index in [-0.39, 0.29) is 5.91 Å². The van der Waals surface area contributed by atoms with Gasteiger partial charge in [0.05, 0.1) is 0 Å². The Morgan fingerprint density at radius 3 is 2.60 bits per heavy atom. The highest BCUT2D eigenvalue weighted by atomic mass is 16.5. The number of nitrogens with one attached hydrogen (secondary N) is 1. The number of H-pyrrole nitrogens is 1. The molecular weight excluding hydrogens is 312 g/mol. The van der Waals surface area contributed by atoms with E-state index >= 15 is 0 Å². The van der Waals surface area contributed by atoms with Gasteiger partial charge < -0.3 is 14.6 Å². The number of carbonyl (C=O) groups is 1. The monoisotopic (exact) mass is 334 g/mol. The molecule has 0 saturated carbocycles. The Morgan fingerprint density at radius 1 is 1.08 bits per heavy atom. The number of aromatic nitrogens is 1. The first-order valence-electron chi connectivity index (χ1n) is 8.76. The van der Waals surface area contributed by atoms with Crippen LogP contribution in [-0.4, -0.2) is 31.2 Å². The Balaban J connectivity index is 1.61. The quantitative estimate of drug-likeness (QED) is 0.774. The first kappa shape index (κ1) is 15.9. The molecule has 4 heteroatoms. The lowest BCUT2D eigenvalue weighted by Gasteiger charge is -2.22. The fourth-order valence-electron chi connectivity index (χ4n) is 3.50. The third kappa shape index (κ3) is 3.17. The standard InChI is InChI=1S/C21H22N2O2/c1-23(18-5-3-2-4-6-18)21(24)20-14-17-13-16(7-8-19(17)22-20)15-9-11-25-12-10-15/h2-8,13-15,22H,9-12H2,1H3. The van der Waals surface area contributed by atoms with Crippen LogP contribution in [0.3, 0.4) is 0 Å². The molecule has 1 aliphatic rings. The van der Waals surface area contributed by atoms with Gasteiger partial charge in [-0.25, -0.2) is 0 Å². The maximum absolute atomic E-state index is 12.8. The van der Waals surface area contributed by atoms with Gasteiger partial charge in [0, 0.05) is 36.9 Å². The van der Waals surface area contributed by atoms with Crippen LogP contribution in [0.2, 0.25) is 0 Å². The second-order valence-electron chi connectivity index (χ2n) is 6.62. The van der Waals surface area contributed by atoms with Crippen LogP contribution in [0.4, 0.5) is 5.69 Å². The zero-order valence-electron chi connectivity index (χ0n) is 14.4. The highest BCUT2D eigenvalue weighted by Gasteiger charge is 2.18. The molecule has 1 saturated heterocycles. The SMILES string of the molecule is CN(C(=O)c1cc2cc(C3CCOCC3)ccc2[nH]1)c1ccccc1. The Bertz CT molecular complexity index is 879. The summed E-state index contributed by atoms with van der Waals surface area (Å²) in [6, 6.07) is 18.1. The lowest BCUT2D eigenvalue weighted by atomic mass is 9.91. The van der Waals surface area contributed by atoms with Crippen molar-refractivity contribution in [1.29, 1.82) is 0 Å². The summed E-state index contributed by atoms with van der Waals surface area (Å²) in [7, 11) is 1.80. The Hall–Kier alpha value is -2.59. The maximum atomic E-state index is 12.8. The lowest BCUT2D eigenvalue weighted by molar-refractivity contribution is 0.0853. The predicted molar refractivity (Wildman–Crippen MR) is 100 cm³/mol. The van der Waals surface area contributed by atoms with E-state index in [9.17, 15) is 4.79 Å². The summed E-state index contributed by atoms with van der Waals surface area (Å²) < 4.78 is 5.46. The molecule has 2 aromatic carbocycles. The van der Waals surface area contributed by atoms with Gasteiger partial charge in [-0.05, 0) is 54.7 Å². The van der Waals surface area contributed by atoms with Crippen molar-refractivity contribution in [3.63, 3.8) is 0 Å². The van der Waals surface area contributed by atoms with E-state index in [1.807, 2.05) is 36.4 Å². The molecule has 0 bridgehead atoms. The average Bonchev–Trinajstić information content (AvgIpc) is 3.11. The number of carbonyl (C=O) groups excluding carboxylic acids is 1. The average molecular weight is 334 g/mol. The fourth-order valence-corrected chi connectivity index (χ4v) is 3.50. The number of fused-ring (bicyclic) bond motifs is 1. The number of rotatable bonds is 3. The van der Waals surface area contributed by atoms with Crippen molar-refractivity contribution >= 4 is 22.5 Å². The van der Waals surface area contributed by atoms with Crippen LogP contribution in [0.1, 0.15) is 34.8 Å². The van der Waals surface area contributed by atoms with Gasteiger partial charge in [-0.1, -0.05) is 24.3 Å². The molecule has 0 unspecified atom stereocenters. The van der Waals surface area contributed by atoms with Crippen LogP contribution >= 0.6 is 0 Å². The zero-order valence-corrected chi connectivity index (χ0v) is 14.4. The smallest absolute Gasteiger partial charge is 0.274 e. The van der Waals surface area contributed by atoms with Gasteiger partial charge in [-0.2, -0.15) is 0 Å². The van der Waals surface area contributed by atoms with Crippen LogP contribution in [0.25, 0.3) is 10.9 Å². The first-order valence-corrected chi connectivity index (χ1v) is 8.76. The molecule has 1 N–H and O–H groups in total. The van der Waals surface area contributed by atoms with Gasteiger partial charge in [0.2, 0.25) is 0 Å². The van der Waals surface area contributed by atoms with Crippen LogP contribution < -0.4 is 4.90 Å². The number of hydrogen-bond donors (Lipinski definition) is 1. The molecule has 25 heavy (non-hydrogen) atoms. The van der Waals surface area contributed by atoms with Crippen molar-refractivity contribution in [1.82, 2.24) is 4.98 Å². The van der Waals surface area contributed by atoms with Crippen molar-refractivity contribution in [3.05, 3.63) is 65.9 Å². The number of benzene rings is 2. The van der Waals surface area contributed by atoms with Crippen molar-refractivity contribution in [3.8, 4) is 0 Å². The number of nitrogens with zero attached hydrogens (tertiary/aromatic N) is 1. The topological polar surface area (TPSA) is 45.3 Å². The van der Waals surface area contributed by atoms with E-state index in [0.717, 1.165) is 42.6 Å². The van der Waals surface area contributed by atoms with Crippen LogP contribution in [-0.2, 0) is 4.74 Å². The summed E-state index contributed by atoms with van der Waals surface area (Å²) in [6.07, 6.45) is 2.14. The molecule has 0 spiro atoms. The molecule has 4 rings (SSSR count). The third-order valence-corrected chi connectivity index (χ3v) is 5.02. The molecule has 1 fully saturated rings. The minimum absolute atomic E-state index is 0.0324. The summed E-state index contributed by atoms with van der Waals surface area (Å²) in [5.41, 5.74) is 3.84. The molecule has 1 aliphatic heterocycles. The Labute approximate surface area is 147 Å². The summed E-state index contributed by atoms with van der Waals surface area (Å²) in [5.74, 6) is 0.522. The Morgan fingerprint density at radius 2 is 1.84 bits per heavy atom. The number of amides is 1. The molecule has 128 valence electrons. The largest absolute Gasteiger partial charge is 0.381 e. The number of hydrogen-bond acceptors (Lipinski definition) is 2. The Kier molecular flexibility index (Phi) is 4.28. The van der Waals surface area contributed by atoms with Crippen LogP contribution in [0.15, 0.2) is 54.6 Å². The minimum atomic E-state index is -0.0324. The van der Waals surface area contributed by atoms with E-state index in [2.05, 4.69) is 23.2 Å². The molecule has 0 aliphatic carbocycles. The van der Waals surface area contributed by atoms with E-state index in [0.29, 0.717) is 11.6 Å². The molecule has 3 aromatic rings. The van der Waals surface area contributed by atoms with Crippen molar-refractivity contribution in [2.24, 2.45) is 0 Å². The van der Waals surface area contributed by atoms with Gasteiger partial charge in [-0.15, -0.1) is 0 Å². The van der Waals surface area contributed by atoms with E-state index in [1.165, 1.54) is 5.56 Å². The number of para-hydroxylation sites is 1. The van der Waals surface area contributed by atoms with Gasteiger partial charge >= 0.3 is 0 Å². The maximum Gasteiger partial charge on any atom is 0.274 e. The van der Waals surface area contributed by atoms with Gasteiger partial charge in [0.25, 0.3) is 5.91 Å². The molecule has 0 radical (unpaired) electrons. The minimum Gasteiger partial charge on any atom is -0.381 e. The number of aromatic amines is 1. The highest BCUT2D eigenvalue weighted by Crippen LogP contribution is 2.29. The molecule has 1 aromatic heterocycles. The fraction of sp³-hybridized carbons (Fsp3) is 0.286. The lowest BCUT2D eigenvalue weighted by Crippen LogP contribution is -2.26. The van der Waals surface area contributed by atoms with Crippen LogP contribution in [0, 0.1) is 0 Å². The molecular formula is C21H22N2O2. The molecule has 2 heterocycles. The molecule has 4 nitrogen and oxygen atoms in total. The van der Waals surface area contributed by atoms with Gasteiger partial charge in [-0.3, -0.25) is 4.79 Å². The molecule has 0 atom stereocenters. The van der Waals surface area contributed by atoms with Crippen molar-refractivity contribution in [2.45, 2.75) is 18.8 Å². The van der Waals surface area contributed by atoms with Gasteiger partial charge in [0.1, 0.15) is 5.69 Å². The van der Waals surface area contributed by atoms with Crippen molar-refractivity contribution < 1.29 is 9.53 Å². The first-order chi connectivity index (χ1) is 12.2. The summed E-state index contributed by atoms with van der Waals surface area (Å²) >= 11 is 0. The number of ether oxygens (including phenoxy) is 1. The summed E-state index contributed by atoms with van der Waals surface area (Å²) in [4.78, 5) is 17.7. The summed E-state index contributed by atoms with van der Waals surface area (Å²) in [6.45, 7) is 1.67. The van der Waals surface area contributed by atoms with E-state index in [4.69, 9.17) is 4.74 Å². The summed E-state index contributed by atoms with van der Waals surface area (Å²) in [5, 5.41) is 1.09. The molecule has 1 amide bonds. The van der Waals surface area contributed by atoms with Gasteiger partial charge in [0.15, 0.2) is 0 Å². The second-order valence-corrected chi connectivity index (χ2v) is 6.62. The number of anilines is 1. The van der Waals surface area contributed by atoms with E-state index < -0.39 is 0 Å².